The highest BCUT2D eigenvalue weighted by molar-refractivity contribution is 6.09. The maximum atomic E-state index is 12.5. The SMILES string of the molecule is CC(C)Oc1ccccc1NCC(=O)c1c[nH]c2ccccc12. The summed E-state index contributed by atoms with van der Waals surface area (Å²) >= 11 is 0. The van der Waals surface area contributed by atoms with Crippen LogP contribution in [-0.4, -0.2) is 23.4 Å². The van der Waals surface area contributed by atoms with E-state index < -0.39 is 0 Å². The largest absolute Gasteiger partial charge is 0.489 e. The molecule has 3 aromatic rings. The molecule has 3 rings (SSSR count). The van der Waals surface area contributed by atoms with Crippen molar-refractivity contribution in [2.75, 3.05) is 11.9 Å². The van der Waals surface area contributed by atoms with Crippen LogP contribution in [0.3, 0.4) is 0 Å². The number of carbonyl (C=O) groups is 1. The van der Waals surface area contributed by atoms with E-state index in [0.717, 1.165) is 22.3 Å². The summed E-state index contributed by atoms with van der Waals surface area (Å²) in [5.41, 5.74) is 2.50. The summed E-state index contributed by atoms with van der Waals surface area (Å²) in [6.07, 6.45) is 1.85. The fraction of sp³-hybridized carbons (Fsp3) is 0.211. The molecule has 0 aliphatic heterocycles. The first-order chi connectivity index (χ1) is 11.1. The molecule has 0 fully saturated rings. The number of fused-ring (bicyclic) bond motifs is 1. The average molecular weight is 308 g/mol. The van der Waals surface area contributed by atoms with Gasteiger partial charge in [0.15, 0.2) is 5.78 Å². The third-order valence-electron chi connectivity index (χ3n) is 3.58. The van der Waals surface area contributed by atoms with E-state index in [4.69, 9.17) is 4.74 Å². The van der Waals surface area contributed by atoms with Crippen molar-refractivity contribution in [2.24, 2.45) is 0 Å². The van der Waals surface area contributed by atoms with Crippen LogP contribution in [0.5, 0.6) is 5.75 Å². The average Bonchev–Trinajstić information content (AvgIpc) is 2.97. The van der Waals surface area contributed by atoms with Crippen molar-refractivity contribution in [3.63, 3.8) is 0 Å². The van der Waals surface area contributed by atoms with Gasteiger partial charge in [-0.2, -0.15) is 0 Å². The predicted octanol–water partition coefficient (Wildman–Crippen LogP) is 4.25. The minimum absolute atomic E-state index is 0.0433. The molecule has 4 heteroatoms. The Balaban J connectivity index is 1.75. The van der Waals surface area contributed by atoms with Gasteiger partial charge in [0.2, 0.25) is 0 Å². The molecule has 0 atom stereocenters. The molecular weight excluding hydrogens is 288 g/mol. The summed E-state index contributed by atoms with van der Waals surface area (Å²) in [6, 6.07) is 15.5. The zero-order chi connectivity index (χ0) is 16.2. The summed E-state index contributed by atoms with van der Waals surface area (Å²) in [5.74, 6) is 0.802. The predicted molar refractivity (Wildman–Crippen MR) is 93.3 cm³/mol. The number of ketones is 1. The van der Waals surface area contributed by atoms with Crippen molar-refractivity contribution < 1.29 is 9.53 Å². The number of aromatic nitrogens is 1. The quantitative estimate of drug-likeness (QED) is 0.669. The highest BCUT2D eigenvalue weighted by Crippen LogP contribution is 2.25. The fourth-order valence-electron chi connectivity index (χ4n) is 2.54. The van der Waals surface area contributed by atoms with Gasteiger partial charge in [0, 0.05) is 22.7 Å². The lowest BCUT2D eigenvalue weighted by atomic mass is 10.1. The summed E-state index contributed by atoms with van der Waals surface area (Å²) in [5, 5.41) is 4.13. The Morgan fingerprint density at radius 2 is 1.87 bits per heavy atom. The monoisotopic (exact) mass is 308 g/mol. The van der Waals surface area contributed by atoms with Crippen molar-refractivity contribution in [3.8, 4) is 5.75 Å². The van der Waals surface area contributed by atoms with Gasteiger partial charge in [-0.1, -0.05) is 30.3 Å². The lowest BCUT2D eigenvalue weighted by Crippen LogP contribution is -2.15. The number of rotatable bonds is 6. The molecule has 23 heavy (non-hydrogen) atoms. The first kappa shape index (κ1) is 15.2. The minimum atomic E-state index is 0.0433. The second-order valence-corrected chi connectivity index (χ2v) is 5.69. The molecule has 0 saturated carbocycles. The lowest BCUT2D eigenvalue weighted by molar-refractivity contribution is 0.101. The number of carbonyl (C=O) groups excluding carboxylic acids is 1. The topological polar surface area (TPSA) is 54.1 Å². The Bertz CT molecular complexity index is 821. The molecule has 2 aromatic carbocycles. The van der Waals surface area contributed by atoms with Gasteiger partial charge in [0.1, 0.15) is 5.75 Å². The summed E-state index contributed by atoms with van der Waals surface area (Å²) < 4.78 is 5.76. The molecule has 0 aliphatic rings. The molecule has 0 bridgehead atoms. The van der Waals surface area contributed by atoms with E-state index in [1.165, 1.54) is 0 Å². The molecule has 1 heterocycles. The normalized spacial score (nSPS) is 10.9. The van der Waals surface area contributed by atoms with Crippen molar-refractivity contribution >= 4 is 22.4 Å². The Hall–Kier alpha value is -2.75. The molecule has 0 radical (unpaired) electrons. The van der Waals surface area contributed by atoms with Crippen LogP contribution < -0.4 is 10.1 Å². The van der Waals surface area contributed by atoms with E-state index >= 15 is 0 Å². The van der Waals surface area contributed by atoms with E-state index in [0.29, 0.717) is 5.56 Å². The number of hydrogen-bond donors (Lipinski definition) is 2. The van der Waals surface area contributed by atoms with Gasteiger partial charge in [-0.3, -0.25) is 4.79 Å². The Morgan fingerprint density at radius 3 is 2.70 bits per heavy atom. The maximum absolute atomic E-state index is 12.5. The van der Waals surface area contributed by atoms with Crippen LogP contribution in [0.15, 0.2) is 54.7 Å². The molecule has 0 saturated heterocycles. The number of ether oxygens (including phenoxy) is 1. The van der Waals surface area contributed by atoms with Gasteiger partial charge < -0.3 is 15.0 Å². The van der Waals surface area contributed by atoms with Crippen LogP contribution in [0.4, 0.5) is 5.69 Å². The van der Waals surface area contributed by atoms with E-state index in [9.17, 15) is 4.79 Å². The van der Waals surface area contributed by atoms with Gasteiger partial charge in [-0.15, -0.1) is 0 Å². The molecule has 118 valence electrons. The smallest absolute Gasteiger partial charge is 0.184 e. The van der Waals surface area contributed by atoms with Gasteiger partial charge in [-0.25, -0.2) is 0 Å². The van der Waals surface area contributed by atoms with Crippen LogP contribution >= 0.6 is 0 Å². The van der Waals surface area contributed by atoms with Crippen LogP contribution in [-0.2, 0) is 0 Å². The van der Waals surface area contributed by atoms with E-state index in [1.807, 2.05) is 62.4 Å². The van der Waals surface area contributed by atoms with E-state index in [2.05, 4.69) is 10.3 Å². The Kier molecular flexibility index (Phi) is 4.33. The number of aromatic amines is 1. The number of H-pyrrole nitrogens is 1. The number of anilines is 1. The van der Waals surface area contributed by atoms with Crippen molar-refractivity contribution in [1.29, 1.82) is 0 Å². The zero-order valence-corrected chi connectivity index (χ0v) is 13.3. The minimum Gasteiger partial charge on any atom is -0.489 e. The highest BCUT2D eigenvalue weighted by atomic mass is 16.5. The van der Waals surface area contributed by atoms with Gasteiger partial charge >= 0.3 is 0 Å². The van der Waals surface area contributed by atoms with Crippen molar-refractivity contribution in [1.82, 2.24) is 4.98 Å². The second kappa shape index (κ2) is 6.57. The standard InChI is InChI=1S/C19H20N2O2/c1-13(2)23-19-10-6-5-9-17(19)21-12-18(22)15-11-20-16-8-4-3-7-14(15)16/h3-11,13,20-21H,12H2,1-2H3. The van der Waals surface area contributed by atoms with Crippen LogP contribution in [0.1, 0.15) is 24.2 Å². The van der Waals surface area contributed by atoms with Crippen LogP contribution in [0, 0.1) is 0 Å². The van der Waals surface area contributed by atoms with Gasteiger partial charge in [0.05, 0.1) is 18.3 Å². The number of hydrogen-bond acceptors (Lipinski definition) is 3. The van der Waals surface area contributed by atoms with Crippen molar-refractivity contribution in [2.45, 2.75) is 20.0 Å². The molecule has 2 N–H and O–H groups in total. The third kappa shape index (κ3) is 3.37. The molecule has 0 aliphatic carbocycles. The maximum Gasteiger partial charge on any atom is 0.184 e. The van der Waals surface area contributed by atoms with E-state index in [-0.39, 0.29) is 18.4 Å². The number of benzene rings is 2. The lowest BCUT2D eigenvalue weighted by Gasteiger charge is -2.15. The van der Waals surface area contributed by atoms with Gasteiger partial charge in [-0.05, 0) is 32.0 Å². The van der Waals surface area contributed by atoms with Gasteiger partial charge in [0.25, 0.3) is 0 Å². The summed E-state index contributed by atoms with van der Waals surface area (Å²) in [6.45, 7) is 4.18. The molecule has 0 spiro atoms. The number of Topliss-reactive ketones (excluding diaryl/α,β-unsaturated/α-hetero) is 1. The fourth-order valence-corrected chi connectivity index (χ4v) is 2.54. The summed E-state index contributed by atoms with van der Waals surface area (Å²) in [4.78, 5) is 15.6. The van der Waals surface area contributed by atoms with Crippen molar-refractivity contribution in [3.05, 3.63) is 60.3 Å². The number of para-hydroxylation sites is 3. The summed E-state index contributed by atoms with van der Waals surface area (Å²) in [7, 11) is 0. The second-order valence-electron chi connectivity index (χ2n) is 5.69. The molecule has 4 nitrogen and oxygen atoms in total. The molecule has 0 amide bonds. The zero-order valence-electron chi connectivity index (χ0n) is 13.3. The molecule has 1 aromatic heterocycles. The van der Waals surface area contributed by atoms with Crippen LogP contribution in [0.2, 0.25) is 0 Å². The highest BCUT2D eigenvalue weighted by Gasteiger charge is 2.12. The Morgan fingerprint density at radius 1 is 1.13 bits per heavy atom. The first-order valence-electron chi connectivity index (χ1n) is 7.74. The Labute approximate surface area is 135 Å². The van der Waals surface area contributed by atoms with E-state index in [1.54, 1.807) is 6.20 Å². The first-order valence-corrected chi connectivity index (χ1v) is 7.74. The third-order valence-corrected chi connectivity index (χ3v) is 3.58. The van der Waals surface area contributed by atoms with Crippen LogP contribution in [0.25, 0.3) is 10.9 Å². The molecule has 0 unspecified atom stereocenters. The molecular formula is C19H20N2O2. The number of nitrogens with one attached hydrogen (secondary N) is 2.